The maximum Gasteiger partial charge on any atom is 0.407 e. The molecule has 138 valence electrons. The van der Waals surface area contributed by atoms with E-state index in [4.69, 9.17) is 9.47 Å². The third-order valence-electron chi connectivity index (χ3n) is 3.77. The fraction of sp³-hybridized carbons (Fsp3) is 0.263. The summed E-state index contributed by atoms with van der Waals surface area (Å²) in [4.78, 5) is 22.8. The Morgan fingerprint density at radius 1 is 1.19 bits per heavy atom. The Bertz CT molecular complexity index is 734. The molecule has 0 radical (unpaired) electrons. The Kier molecular flexibility index (Phi) is 7.13. The minimum absolute atomic E-state index is 0.0937. The standard InChI is InChI=1S/C19H21NO6/c1-25-15-8-7-14(11-21)16(9-15)18(23)17(22)10-20-19(24)26-12-13-5-3-2-4-6-13/h2-9,11,17-18,22-23H,10,12H2,1H3,(H,20,24). The van der Waals surface area contributed by atoms with E-state index in [1.165, 1.54) is 19.2 Å². The van der Waals surface area contributed by atoms with Crippen molar-refractivity contribution in [3.05, 3.63) is 65.2 Å². The molecule has 0 aliphatic carbocycles. The lowest BCUT2D eigenvalue weighted by Crippen LogP contribution is -2.36. The van der Waals surface area contributed by atoms with Crippen LogP contribution in [0.2, 0.25) is 0 Å². The molecule has 2 aromatic rings. The van der Waals surface area contributed by atoms with Crippen LogP contribution in [-0.2, 0) is 11.3 Å². The van der Waals surface area contributed by atoms with Crippen molar-refractivity contribution in [1.29, 1.82) is 0 Å². The molecule has 0 saturated heterocycles. The summed E-state index contributed by atoms with van der Waals surface area (Å²) >= 11 is 0. The molecule has 0 aliphatic heterocycles. The minimum atomic E-state index is -1.38. The summed E-state index contributed by atoms with van der Waals surface area (Å²) in [7, 11) is 1.45. The topological polar surface area (TPSA) is 105 Å². The lowest BCUT2D eigenvalue weighted by molar-refractivity contribution is 0.0179. The number of ether oxygens (including phenoxy) is 2. The SMILES string of the molecule is COc1ccc(C=O)c(C(O)C(O)CNC(=O)OCc2ccccc2)c1. The molecule has 2 unspecified atom stereocenters. The number of rotatable bonds is 8. The number of alkyl carbamates (subject to hydrolysis) is 1. The van der Waals surface area contributed by atoms with Gasteiger partial charge in [-0.25, -0.2) is 4.79 Å². The highest BCUT2D eigenvalue weighted by molar-refractivity contribution is 5.78. The molecular formula is C19H21NO6. The highest BCUT2D eigenvalue weighted by Crippen LogP contribution is 2.25. The number of nitrogens with one attached hydrogen (secondary N) is 1. The van der Waals surface area contributed by atoms with Crippen molar-refractivity contribution in [3.8, 4) is 5.75 Å². The van der Waals surface area contributed by atoms with Crippen LogP contribution >= 0.6 is 0 Å². The largest absolute Gasteiger partial charge is 0.497 e. The van der Waals surface area contributed by atoms with Gasteiger partial charge in [0.05, 0.1) is 7.11 Å². The first-order valence-corrected chi connectivity index (χ1v) is 7.99. The average Bonchev–Trinajstić information content (AvgIpc) is 2.70. The number of carbonyl (C=O) groups is 2. The van der Waals surface area contributed by atoms with Gasteiger partial charge in [-0.05, 0) is 29.3 Å². The van der Waals surface area contributed by atoms with Crippen molar-refractivity contribution in [1.82, 2.24) is 5.32 Å². The summed E-state index contributed by atoms with van der Waals surface area (Å²) in [5.41, 5.74) is 1.27. The van der Waals surface area contributed by atoms with Crippen LogP contribution in [0, 0.1) is 0 Å². The lowest BCUT2D eigenvalue weighted by Gasteiger charge is -2.20. The predicted molar refractivity (Wildman–Crippen MR) is 94.0 cm³/mol. The van der Waals surface area contributed by atoms with E-state index < -0.39 is 18.3 Å². The van der Waals surface area contributed by atoms with Gasteiger partial charge in [0.1, 0.15) is 30.9 Å². The van der Waals surface area contributed by atoms with Crippen LogP contribution in [0.5, 0.6) is 5.75 Å². The predicted octanol–water partition coefficient (Wildman–Crippen LogP) is 1.83. The van der Waals surface area contributed by atoms with Crippen molar-refractivity contribution in [2.45, 2.75) is 18.8 Å². The van der Waals surface area contributed by atoms with Gasteiger partial charge in [0.25, 0.3) is 0 Å². The molecule has 7 heteroatoms. The third-order valence-corrected chi connectivity index (χ3v) is 3.77. The zero-order valence-electron chi connectivity index (χ0n) is 14.3. The monoisotopic (exact) mass is 359 g/mol. The number of hydrogen-bond acceptors (Lipinski definition) is 6. The fourth-order valence-electron chi connectivity index (χ4n) is 2.32. The van der Waals surface area contributed by atoms with Gasteiger partial charge in [-0.1, -0.05) is 30.3 Å². The third kappa shape index (κ3) is 5.30. The van der Waals surface area contributed by atoms with E-state index in [-0.39, 0.29) is 24.3 Å². The number of benzene rings is 2. The molecule has 3 N–H and O–H groups in total. The van der Waals surface area contributed by atoms with E-state index in [1.807, 2.05) is 30.3 Å². The molecular weight excluding hydrogens is 338 g/mol. The minimum Gasteiger partial charge on any atom is -0.497 e. The van der Waals surface area contributed by atoms with Gasteiger partial charge in [0.2, 0.25) is 0 Å². The molecule has 26 heavy (non-hydrogen) atoms. The van der Waals surface area contributed by atoms with E-state index in [2.05, 4.69) is 5.32 Å². The van der Waals surface area contributed by atoms with Gasteiger partial charge in [-0.2, -0.15) is 0 Å². The van der Waals surface area contributed by atoms with E-state index in [9.17, 15) is 19.8 Å². The number of methoxy groups -OCH3 is 1. The van der Waals surface area contributed by atoms with Crippen molar-refractivity contribution in [2.24, 2.45) is 0 Å². The summed E-state index contributed by atoms with van der Waals surface area (Å²) in [5.74, 6) is 0.437. The Hall–Kier alpha value is -2.90. The maximum atomic E-state index is 11.7. The summed E-state index contributed by atoms with van der Waals surface area (Å²) in [6.07, 6.45) is -2.85. The number of amides is 1. The number of hydrogen-bond donors (Lipinski definition) is 3. The van der Waals surface area contributed by atoms with Gasteiger partial charge in [0.15, 0.2) is 0 Å². The molecule has 1 amide bonds. The van der Waals surface area contributed by atoms with Crippen LogP contribution in [-0.4, -0.2) is 42.4 Å². The van der Waals surface area contributed by atoms with Crippen LogP contribution in [0.25, 0.3) is 0 Å². The second-order valence-corrected chi connectivity index (χ2v) is 5.57. The summed E-state index contributed by atoms with van der Waals surface area (Å²) in [6.45, 7) is -0.152. The summed E-state index contributed by atoms with van der Waals surface area (Å²) in [5, 5.41) is 22.8. The molecule has 0 bridgehead atoms. The average molecular weight is 359 g/mol. The highest BCUT2D eigenvalue weighted by atomic mass is 16.5. The lowest BCUT2D eigenvalue weighted by atomic mass is 9.99. The van der Waals surface area contributed by atoms with Crippen molar-refractivity contribution in [3.63, 3.8) is 0 Å². The van der Waals surface area contributed by atoms with Gasteiger partial charge in [-0.3, -0.25) is 4.79 Å². The summed E-state index contributed by atoms with van der Waals surface area (Å²) in [6, 6.07) is 13.7. The molecule has 0 saturated carbocycles. The zero-order chi connectivity index (χ0) is 18.9. The first-order valence-electron chi connectivity index (χ1n) is 7.99. The number of aliphatic hydroxyl groups is 2. The van der Waals surface area contributed by atoms with Crippen molar-refractivity contribution in [2.75, 3.05) is 13.7 Å². The van der Waals surface area contributed by atoms with Crippen molar-refractivity contribution < 1.29 is 29.3 Å². The van der Waals surface area contributed by atoms with Gasteiger partial charge >= 0.3 is 6.09 Å². The number of carbonyl (C=O) groups excluding carboxylic acids is 2. The van der Waals surface area contributed by atoms with E-state index in [0.717, 1.165) is 5.56 Å². The second kappa shape index (κ2) is 9.55. The molecule has 0 fully saturated rings. The second-order valence-electron chi connectivity index (χ2n) is 5.57. The molecule has 2 atom stereocenters. The Morgan fingerprint density at radius 3 is 2.58 bits per heavy atom. The molecule has 2 aromatic carbocycles. The molecule has 0 spiro atoms. The normalized spacial score (nSPS) is 12.7. The Labute approximate surface area is 151 Å². The molecule has 2 rings (SSSR count). The van der Waals surface area contributed by atoms with Crippen LogP contribution < -0.4 is 10.1 Å². The quantitative estimate of drug-likeness (QED) is 0.621. The zero-order valence-corrected chi connectivity index (χ0v) is 14.3. The van der Waals surface area contributed by atoms with Crippen LogP contribution in [0.1, 0.15) is 27.6 Å². The van der Waals surface area contributed by atoms with E-state index in [0.29, 0.717) is 12.0 Å². The fourth-order valence-corrected chi connectivity index (χ4v) is 2.32. The van der Waals surface area contributed by atoms with Crippen LogP contribution in [0.4, 0.5) is 4.79 Å². The first-order chi connectivity index (χ1) is 12.5. The molecule has 7 nitrogen and oxygen atoms in total. The van der Waals surface area contributed by atoms with Gasteiger partial charge < -0.3 is 25.0 Å². The van der Waals surface area contributed by atoms with Gasteiger partial charge in [-0.15, -0.1) is 0 Å². The molecule has 0 aliphatic rings. The molecule has 0 aromatic heterocycles. The van der Waals surface area contributed by atoms with E-state index in [1.54, 1.807) is 6.07 Å². The smallest absolute Gasteiger partial charge is 0.407 e. The Balaban J connectivity index is 1.89. The highest BCUT2D eigenvalue weighted by Gasteiger charge is 2.22. The first kappa shape index (κ1) is 19.4. The Morgan fingerprint density at radius 2 is 1.92 bits per heavy atom. The van der Waals surface area contributed by atoms with Crippen LogP contribution in [0.15, 0.2) is 48.5 Å². The van der Waals surface area contributed by atoms with E-state index >= 15 is 0 Å². The number of aliphatic hydroxyl groups excluding tert-OH is 2. The summed E-state index contributed by atoms with van der Waals surface area (Å²) < 4.78 is 10.1. The maximum absolute atomic E-state index is 11.7. The van der Waals surface area contributed by atoms with Gasteiger partial charge in [0, 0.05) is 12.1 Å². The van der Waals surface area contributed by atoms with Crippen molar-refractivity contribution >= 4 is 12.4 Å². The number of aldehydes is 1. The molecule has 0 heterocycles. The van der Waals surface area contributed by atoms with Crippen LogP contribution in [0.3, 0.4) is 0 Å².